The Morgan fingerprint density at radius 1 is 1.58 bits per heavy atom. The lowest BCUT2D eigenvalue weighted by molar-refractivity contribution is 0.558. The van der Waals surface area contributed by atoms with Crippen molar-refractivity contribution in [1.29, 1.82) is 0 Å². The van der Waals surface area contributed by atoms with Crippen LogP contribution in [0.15, 0.2) is 12.7 Å². The van der Waals surface area contributed by atoms with Crippen molar-refractivity contribution < 1.29 is 8.42 Å². The number of sulfone groups is 1. The van der Waals surface area contributed by atoms with Gasteiger partial charge in [0, 0.05) is 12.1 Å². The Morgan fingerprint density at radius 2 is 2.17 bits per heavy atom. The highest BCUT2D eigenvalue weighted by Gasteiger charge is 2.09. The largest absolute Gasteiger partial charge is 0.229 e. The number of halogens is 1. The molecule has 4 heteroatoms. The van der Waals surface area contributed by atoms with Crippen molar-refractivity contribution >= 4 is 21.4 Å². The van der Waals surface area contributed by atoms with Crippen molar-refractivity contribution in [3.05, 3.63) is 12.7 Å². The molecule has 0 aromatic carbocycles. The van der Waals surface area contributed by atoms with Crippen molar-refractivity contribution in [2.75, 3.05) is 17.9 Å². The Balaban J connectivity index is 3.80. The van der Waals surface area contributed by atoms with E-state index in [1.54, 1.807) is 6.08 Å². The average Bonchev–Trinajstić information content (AvgIpc) is 1.96. The maximum absolute atomic E-state index is 10.8. The van der Waals surface area contributed by atoms with Crippen molar-refractivity contribution in [3.63, 3.8) is 0 Å². The third kappa shape index (κ3) is 6.68. The van der Waals surface area contributed by atoms with Crippen LogP contribution in [0.3, 0.4) is 0 Å². The summed E-state index contributed by atoms with van der Waals surface area (Å²) in [5, 5.41) is 0. The first-order valence-electron chi connectivity index (χ1n) is 3.84. The topological polar surface area (TPSA) is 34.1 Å². The normalized spacial score (nSPS) is 14.2. The minimum absolute atomic E-state index is 0.220. The summed E-state index contributed by atoms with van der Waals surface area (Å²) in [6.45, 7) is 3.58. The molecule has 0 saturated heterocycles. The van der Waals surface area contributed by atoms with Gasteiger partial charge in [-0.15, -0.1) is 18.2 Å². The molecule has 0 aromatic heterocycles. The highest BCUT2D eigenvalue weighted by molar-refractivity contribution is 7.90. The zero-order valence-electron chi connectivity index (χ0n) is 7.29. The van der Waals surface area contributed by atoms with Crippen LogP contribution >= 0.6 is 11.6 Å². The van der Waals surface area contributed by atoms with Gasteiger partial charge in [0.1, 0.15) is 9.84 Å². The van der Waals surface area contributed by atoms with Gasteiger partial charge in [-0.1, -0.05) is 6.08 Å². The fraction of sp³-hybridized carbons (Fsp3) is 0.750. The van der Waals surface area contributed by atoms with Gasteiger partial charge in [-0.2, -0.15) is 0 Å². The first-order valence-corrected chi connectivity index (χ1v) is 6.43. The van der Waals surface area contributed by atoms with Gasteiger partial charge in [0.2, 0.25) is 0 Å². The summed E-state index contributed by atoms with van der Waals surface area (Å²) in [4.78, 5) is 0. The van der Waals surface area contributed by atoms with E-state index in [4.69, 9.17) is 11.6 Å². The summed E-state index contributed by atoms with van der Waals surface area (Å²) < 4.78 is 21.6. The van der Waals surface area contributed by atoms with Gasteiger partial charge in [-0.3, -0.25) is 0 Å². The van der Waals surface area contributed by atoms with Crippen molar-refractivity contribution in [1.82, 2.24) is 0 Å². The molecule has 2 nitrogen and oxygen atoms in total. The second kappa shape index (κ2) is 5.60. The van der Waals surface area contributed by atoms with Gasteiger partial charge in [-0.25, -0.2) is 8.42 Å². The minimum atomic E-state index is -2.84. The van der Waals surface area contributed by atoms with Gasteiger partial charge in [0.15, 0.2) is 0 Å². The zero-order valence-corrected chi connectivity index (χ0v) is 8.87. The minimum Gasteiger partial charge on any atom is -0.229 e. The van der Waals surface area contributed by atoms with Crippen LogP contribution in [0.2, 0.25) is 0 Å². The maximum atomic E-state index is 10.8. The van der Waals surface area contributed by atoms with E-state index >= 15 is 0 Å². The SMILES string of the molecule is C=CCC(CCl)CCS(C)(=O)=O. The molecular weight excluding hydrogens is 196 g/mol. The lowest BCUT2D eigenvalue weighted by Gasteiger charge is -2.09. The molecule has 1 atom stereocenters. The van der Waals surface area contributed by atoms with Gasteiger partial charge >= 0.3 is 0 Å². The molecular formula is C8H15ClO2S. The van der Waals surface area contributed by atoms with Crippen LogP contribution in [0.4, 0.5) is 0 Å². The standard InChI is InChI=1S/C8H15ClO2S/c1-3-4-8(7-9)5-6-12(2,10)11/h3,8H,1,4-7H2,2H3. The summed E-state index contributed by atoms with van der Waals surface area (Å²) in [5.74, 6) is 0.971. The van der Waals surface area contributed by atoms with Crippen LogP contribution in [0.1, 0.15) is 12.8 Å². The van der Waals surface area contributed by atoms with Gasteiger partial charge in [0.05, 0.1) is 5.75 Å². The zero-order chi connectivity index (χ0) is 9.61. The Morgan fingerprint density at radius 3 is 2.50 bits per heavy atom. The second-order valence-electron chi connectivity index (χ2n) is 2.96. The van der Waals surface area contributed by atoms with Gasteiger partial charge in [0.25, 0.3) is 0 Å². The number of hydrogen-bond donors (Lipinski definition) is 0. The third-order valence-corrected chi connectivity index (χ3v) is 3.03. The summed E-state index contributed by atoms with van der Waals surface area (Å²) in [5.41, 5.74) is 0. The molecule has 0 radical (unpaired) electrons. The molecule has 0 N–H and O–H groups in total. The molecule has 0 aliphatic carbocycles. The fourth-order valence-corrected chi connectivity index (χ4v) is 1.92. The number of alkyl halides is 1. The quantitative estimate of drug-likeness (QED) is 0.496. The molecule has 12 heavy (non-hydrogen) atoms. The van der Waals surface area contributed by atoms with Crippen LogP contribution in [0.25, 0.3) is 0 Å². The van der Waals surface area contributed by atoms with Crippen LogP contribution < -0.4 is 0 Å². The Bertz CT molecular complexity index is 221. The molecule has 0 heterocycles. The highest BCUT2D eigenvalue weighted by atomic mass is 35.5. The molecule has 0 aliphatic heterocycles. The summed E-state index contributed by atoms with van der Waals surface area (Å²) in [7, 11) is -2.84. The van der Waals surface area contributed by atoms with E-state index < -0.39 is 9.84 Å². The molecule has 0 aromatic rings. The van der Waals surface area contributed by atoms with Crippen LogP contribution in [-0.4, -0.2) is 26.3 Å². The summed E-state index contributed by atoms with van der Waals surface area (Å²) >= 11 is 5.63. The lowest BCUT2D eigenvalue weighted by Crippen LogP contribution is -2.10. The molecule has 0 aliphatic rings. The van der Waals surface area contributed by atoms with E-state index in [0.717, 1.165) is 6.42 Å². The summed E-state index contributed by atoms with van der Waals surface area (Å²) in [6.07, 6.45) is 4.44. The van der Waals surface area contributed by atoms with Crippen LogP contribution in [0.5, 0.6) is 0 Å². The van der Waals surface area contributed by atoms with E-state index in [0.29, 0.717) is 12.3 Å². The van der Waals surface area contributed by atoms with Crippen molar-refractivity contribution in [2.45, 2.75) is 12.8 Å². The highest BCUT2D eigenvalue weighted by Crippen LogP contribution is 2.12. The molecule has 0 spiro atoms. The predicted molar refractivity (Wildman–Crippen MR) is 53.4 cm³/mol. The lowest BCUT2D eigenvalue weighted by atomic mass is 10.1. The Labute approximate surface area is 79.5 Å². The Kier molecular flexibility index (Phi) is 5.59. The first kappa shape index (κ1) is 12.0. The number of rotatable bonds is 6. The smallest absolute Gasteiger partial charge is 0.147 e. The molecule has 0 saturated carbocycles. The molecule has 72 valence electrons. The monoisotopic (exact) mass is 210 g/mol. The molecule has 0 fully saturated rings. The van der Waals surface area contributed by atoms with E-state index in [9.17, 15) is 8.42 Å². The second-order valence-corrected chi connectivity index (χ2v) is 5.53. The number of allylic oxidation sites excluding steroid dienone is 1. The summed E-state index contributed by atoms with van der Waals surface area (Å²) in [6, 6.07) is 0. The molecule has 0 bridgehead atoms. The third-order valence-electron chi connectivity index (χ3n) is 1.62. The first-order chi connectivity index (χ1) is 5.49. The van der Waals surface area contributed by atoms with E-state index in [1.165, 1.54) is 6.26 Å². The maximum Gasteiger partial charge on any atom is 0.147 e. The average molecular weight is 211 g/mol. The Hall–Kier alpha value is -0.0200. The van der Waals surface area contributed by atoms with Gasteiger partial charge < -0.3 is 0 Å². The van der Waals surface area contributed by atoms with Crippen molar-refractivity contribution in [2.24, 2.45) is 5.92 Å². The van der Waals surface area contributed by atoms with E-state index in [1.807, 2.05) is 0 Å². The van der Waals surface area contributed by atoms with Crippen molar-refractivity contribution in [3.8, 4) is 0 Å². The van der Waals surface area contributed by atoms with E-state index in [-0.39, 0.29) is 11.7 Å². The van der Waals surface area contributed by atoms with Crippen LogP contribution in [0, 0.1) is 5.92 Å². The predicted octanol–water partition coefficient (Wildman–Crippen LogP) is 1.85. The fourth-order valence-electron chi connectivity index (χ4n) is 0.874. The van der Waals surface area contributed by atoms with Crippen LogP contribution in [-0.2, 0) is 9.84 Å². The number of hydrogen-bond acceptors (Lipinski definition) is 2. The van der Waals surface area contributed by atoms with E-state index in [2.05, 4.69) is 6.58 Å². The molecule has 1 unspecified atom stereocenters. The molecule has 0 rings (SSSR count). The molecule has 0 amide bonds. The van der Waals surface area contributed by atoms with Gasteiger partial charge in [-0.05, 0) is 18.8 Å².